The van der Waals surface area contributed by atoms with Gasteiger partial charge in [0.1, 0.15) is 0 Å². The van der Waals surface area contributed by atoms with Gasteiger partial charge in [0, 0.05) is 27.2 Å². The standard InChI is InChI=1S/C9H18N2O.2C2H6/c1-8-4-6-11(7-5-8)9(12)10(2)3;2*1-2/h8H,4-7H2,1-3H3;2*1-2H3. The molecule has 0 spiro atoms. The Morgan fingerprint density at radius 1 is 1.06 bits per heavy atom. The van der Waals surface area contributed by atoms with Crippen molar-refractivity contribution in [1.29, 1.82) is 0 Å². The summed E-state index contributed by atoms with van der Waals surface area (Å²) in [6, 6.07) is 0.155. The molecular formula is C13H30N2O. The molecule has 0 unspecified atom stereocenters. The minimum atomic E-state index is 0.155. The fraction of sp³-hybridized carbons (Fsp3) is 0.923. The number of hydrogen-bond acceptors (Lipinski definition) is 1. The number of carbonyl (C=O) groups is 1. The Hall–Kier alpha value is -0.730. The summed E-state index contributed by atoms with van der Waals surface area (Å²) in [5, 5.41) is 0. The molecule has 1 rings (SSSR count). The molecule has 0 saturated carbocycles. The molecule has 3 nitrogen and oxygen atoms in total. The number of likely N-dealkylation sites (tertiary alicyclic amines) is 1. The third-order valence-corrected chi connectivity index (χ3v) is 2.44. The van der Waals surface area contributed by atoms with Crippen LogP contribution in [0.15, 0.2) is 0 Å². The summed E-state index contributed by atoms with van der Waals surface area (Å²) in [4.78, 5) is 15.0. The van der Waals surface area contributed by atoms with Crippen LogP contribution in [0.5, 0.6) is 0 Å². The Bertz CT molecular complexity index is 161. The lowest BCUT2D eigenvalue weighted by molar-refractivity contribution is 0.150. The van der Waals surface area contributed by atoms with Gasteiger partial charge in [-0.3, -0.25) is 0 Å². The minimum absolute atomic E-state index is 0.155. The number of rotatable bonds is 0. The summed E-state index contributed by atoms with van der Waals surface area (Å²) in [6.07, 6.45) is 2.30. The average molecular weight is 230 g/mol. The molecule has 0 radical (unpaired) electrons. The molecule has 16 heavy (non-hydrogen) atoms. The maximum Gasteiger partial charge on any atom is 0.319 e. The molecule has 1 saturated heterocycles. The van der Waals surface area contributed by atoms with Gasteiger partial charge in [-0.1, -0.05) is 34.6 Å². The van der Waals surface area contributed by atoms with Gasteiger partial charge in [-0.05, 0) is 18.8 Å². The lowest BCUT2D eigenvalue weighted by Crippen LogP contribution is -2.43. The van der Waals surface area contributed by atoms with E-state index in [1.807, 2.05) is 32.6 Å². The molecule has 0 aromatic carbocycles. The predicted octanol–water partition coefficient (Wildman–Crippen LogP) is 3.45. The summed E-state index contributed by atoms with van der Waals surface area (Å²) in [6.45, 7) is 12.1. The van der Waals surface area contributed by atoms with Crippen molar-refractivity contribution in [2.75, 3.05) is 27.2 Å². The first-order valence-electron chi connectivity index (χ1n) is 6.57. The molecule has 3 heteroatoms. The van der Waals surface area contributed by atoms with Crippen LogP contribution >= 0.6 is 0 Å². The normalized spacial score (nSPS) is 15.3. The number of piperidine rings is 1. The molecule has 0 bridgehead atoms. The average Bonchev–Trinajstić information content (AvgIpc) is 2.34. The maximum absolute atomic E-state index is 11.5. The van der Waals surface area contributed by atoms with Gasteiger partial charge in [0.2, 0.25) is 0 Å². The first-order chi connectivity index (χ1) is 7.61. The van der Waals surface area contributed by atoms with Crippen LogP contribution in [0.25, 0.3) is 0 Å². The summed E-state index contributed by atoms with van der Waals surface area (Å²) in [7, 11) is 3.61. The third-order valence-electron chi connectivity index (χ3n) is 2.44. The summed E-state index contributed by atoms with van der Waals surface area (Å²) in [5.74, 6) is 0.788. The zero-order valence-electron chi connectivity index (χ0n) is 12.2. The van der Waals surface area contributed by atoms with Crippen molar-refractivity contribution in [1.82, 2.24) is 9.80 Å². The van der Waals surface area contributed by atoms with E-state index in [0.717, 1.165) is 31.8 Å². The van der Waals surface area contributed by atoms with Crippen LogP contribution in [0.3, 0.4) is 0 Å². The maximum atomic E-state index is 11.5. The highest BCUT2D eigenvalue weighted by Gasteiger charge is 2.20. The lowest BCUT2D eigenvalue weighted by Gasteiger charge is -2.32. The molecule has 0 aliphatic carbocycles. The number of urea groups is 1. The van der Waals surface area contributed by atoms with Gasteiger partial charge < -0.3 is 9.80 Å². The molecule has 0 aromatic heterocycles. The molecule has 0 N–H and O–H groups in total. The van der Waals surface area contributed by atoms with E-state index in [1.165, 1.54) is 0 Å². The van der Waals surface area contributed by atoms with Gasteiger partial charge in [-0.25, -0.2) is 4.79 Å². The van der Waals surface area contributed by atoms with Crippen LogP contribution in [0.1, 0.15) is 47.5 Å². The van der Waals surface area contributed by atoms with E-state index in [1.54, 1.807) is 19.0 Å². The van der Waals surface area contributed by atoms with Crippen LogP contribution < -0.4 is 0 Å². The number of carbonyl (C=O) groups excluding carboxylic acids is 1. The van der Waals surface area contributed by atoms with Crippen LogP contribution in [0.4, 0.5) is 4.79 Å². The molecule has 1 aliphatic heterocycles. The van der Waals surface area contributed by atoms with Crippen molar-refractivity contribution in [2.24, 2.45) is 5.92 Å². The SMILES string of the molecule is CC.CC.CC1CCN(C(=O)N(C)C)CC1. The predicted molar refractivity (Wildman–Crippen MR) is 71.8 cm³/mol. The van der Waals surface area contributed by atoms with E-state index < -0.39 is 0 Å². The Kier molecular flexibility index (Phi) is 11.9. The smallest absolute Gasteiger partial charge is 0.319 e. The fourth-order valence-corrected chi connectivity index (χ4v) is 1.48. The van der Waals surface area contributed by atoms with Crippen LogP contribution in [-0.4, -0.2) is 43.0 Å². The lowest BCUT2D eigenvalue weighted by atomic mass is 10.00. The van der Waals surface area contributed by atoms with Gasteiger partial charge in [0.15, 0.2) is 0 Å². The molecule has 1 aliphatic rings. The molecule has 1 fully saturated rings. The van der Waals surface area contributed by atoms with Gasteiger partial charge in [0.25, 0.3) is 0 Å². The summed E-state index contributed by atoms with van der Waals surface area (Å²) in [5.41, 5.74) is 0. The van der Waals surface area contributed by atoms with E-state index in [2.05, 4.69) is 6.92 Å². The van der Waals surface area contributed by atoms with Crippen LogP contribution in [-0.2, 0) is 0 Å². The number of nitrogens with zero attached hydrogens (tertiary/aromatic N) is 2. The van der Waals surface area contributed by atoms with E-state index in [4.69, 9.17) is 0 Å². The zero-order chi connectivity index (χ0) is 13.1. The van der Waals surface area contributed by atoms with E-state index in [0.29, 0.717) is 0 Å². The largest absolute Gasteiger partial charge is 0.331 e. The van der Waals surface area contributed by atoms with Gasteiger partial charge in [0.05, 0.1) is 0 Å². The number of hydrogen-bond donors (Lipinski definition) is 0. The highest BCUT2D eigenvalue weighted by Crippen LogP contribution is 2.16. The zero-order valence-corrected chi connectivity index (χ0v) is 12.2. The molecular weight excluding hydrogens is 200 g/mol. The topological polar surface area (TPSA) is 23.6 Å². The van der Waals surface area contributed by atoms with Crippen molar-refractivity contribution in [2.45, 2.75) is 47.5 Å². The summed E-state index contributed by atoms with van der Waals surface area (Å²) < 4.78 is 0. The van der Waals surface area contributed by atoms with Crippen molar-refractivity contribution in [3.63, 3.8) is 0 Å². The van der Waals surface area contributed by atoms with Crippen molar-refractivity contribution >= 4 is 6.03 Å². The van der Waals surface area contributed by atoms with Gasteiger partial charge in [-0.2, -0.15) is 0 Å². The minimum Gasteiger partial charge on any atom is -0.331 e. The van der Waals surface area contributed by atoms with Gasteiger partial charge in [-0.15, -0.1) is 0 Å². The van der Waals surface area contributed by atoms with Crippen LogP contribution in [0.2, 0.25) is 0 Å². The second-order valence-electron chi connectivity index (χ2n) is 3.85. The molecule has 0 atom stereocenters. The van der Waals surface area contributed by atoms with E-state index in [9.17, 15) is 4.79 Å². The Morgan fingerprint density at radius 2 is 1.44 bits per heavy atom. The van der Waals surface area contributed by atoms with Gasteiger partial charge >= 0.3 is 6.03 Å². The molecule has 98 valence electrons. The van der Waals surface area contributed by atoms with Crippen LogP contribution in [0, 0.1) is 5.92 Å². The first kappa shape index (κ1) is 17.7. The summed E-state index contributed by atoms with van der Waals surface area (Å²) >= 11 is 0. The van der Waals surface area contributed by atoms with E-state index >= 15 is 0 Å². The third kappa shape index (κ3) is 6.70. The van der Waals surface area contributed by atoms with Crippen molar-refractivity contribution in [3.8, 4) is 0 Å². The second-order valence-corrected chi connectivity index (χ2v) is 3.85. The Morgan fingerprint density at radius 3 is 1.75 bits per heavy atom. The fourth-order valence-electron chi connectivity index (χ4n) is 1.48. The second kappa shape index (κ2) is 10.8. The quantitative estimate of drug-likeness (QED) is 0.625. The van der Waals surface area contributed by atoms with Crippen molar-refractivity contribution < 1.29 is 4.79 Å². The molecule has 0 aromatic rings. The van der Waals surface area contributed by atoms with Crippen molar-refractivity contribution in [3.05, 3.63) is 0 Å². The number of amides is 2. The first-order valence-corrected chi connectivity index (χ1v) is 6.57. The molecule has 2 amide bonds. The highest BCUT2D eigenvalue weighted by molar-refractivity contribution is 5.73. The van der Waals surface area contributed by atoms with E-state index in [-0.39, 0.29) is 6.03 Å². The molecule has 1 heterocycles. The monoisotopic (exact) mass is 230 g/mol. The highest BCUT2D eigenvalue weighted by atomic mass is 16.2. The Balaban J connectivity index is 0. The Labute approximate surface area is 102 Å².